The summed E-state index contributed by atoms with van der Waals surface area (Å²) in [5.41, 5.74) is 0.904. The number of halogens is 1. The van der Waals surface area contributed by atoms with E-state index in [4.69, 9.17) is 5.11 Å². The predicted molar refractivity (Wildman–Crippen MR) is 92.0 cm³/mol. The number of carbonyl (C=O) groups is 1. The highest BCUT2D eigenvalue weighted by atomic mass is 79.9. The van der Waals surface area contributed by atoms with Crippen LogP contribution in [0.3, 0.4) is 0 Å². The van der Waals surface area contributed by atoms with Crippen molar-refractivity contribution >= 4 is 39.4 Å². The molecular formula is C16H17BrN4O2. The molecule has 120 valence electrons. The minimum atomic E-state index is -0.704. The summed E-state index contributed by atoms with van der Waals surface area (Å²) in [6.45, 7) is 1.40. The number of anilines is 3. The van der Waals surface area contributed by atoms with Crippen LogP contribution in [0.2, 0.25) is 0 Å². The molecule has 0 radical (unpaired) electrons. The average molecular weight is 377 g/mol. The Morgan fingerprint density at radius 2 is 2.09 bits per heavy atom. The van der Waals surface area contributed by atoms with Crippen LogP contribution in [0.1, 0.15) is 12.8 Å². The van der Waals surface area contributed by atoms with Crippen molar-refractivity contribution in [3.05, 3.63) is 41.0 Å². The largest absolute Gasteiger partial charge is 0.481 e. The molecule has 2 heterocycles. The summed E-state index contributed by atoms with van der Waals surface area (Å²) in [6.07, 6.45) is 3.01. The van der Waals surface area contributed by atoms with Gasteiger partial charge in [-0.15, -0.1) is 0 Å². The molecule has 7 heteroatoms. The molecule has 1 aromatic carbocycles. The molecule has 0 saturated carbocycles. The van der Waals surface area contributed by atoms with Crippen molar-refractivity contribution in [2.45, 2.75) is 12.8 Å². The van der Waals surface area contributed by atoms with E-state index in [-0.39, 0.29) is 5.92 Å². The van der Waals surface area contributed by atoms with E-state index in [1.807, 2.05) is 30.3 Å². The van der Waals surface area contributed by atoms with Gasteiger partial charge in [-0.05, 0) is 37.1 Å². The number of nitrogens with zero attached hydrogens (tertiary/aromatic N) is 3. The van der Waals surface area contributed by atoms with E-state index in [9.17, 15) is 4.79 Å². The van der Waals surface area contributed by atoms with Crippen molar-refractivity contribution in [2.75, 3.05) is 23.3 Å². The van der Waals surface area contributed by atoms with E-state index in [2.05, 4.69) is 36.1 Å². The number of hydrogen-bond donors (Lipinski definition) is 2. The zero-order valence-corrected chi connectivity index (χ0v) is 14.0. The van der Waals surface area contributed by atoms with Crippen molar-refractivity contribution < 1.29 is 9.90 Å². The maximum Gasteiger partial charge on any atom is 0.306 e. The van der Waals surface area contributed by atoms with Crippen LogP contribution in [0, 0.1) is 5.92 Å². The second-order valence-electron chi connectivity index (χ2n) is 5.47. The van der Waals surface area contributed by atoms with Gasteiger partial charge in [0.1, 0.15) is 5.82 Å². The van der Waals surface area contributed by atoms with Crippen LogP contribution in [0.5, 0.6) is 0 Å². The number of aromatic nitrogens is 2. The number of aliphatic carboxylic acids is 1. The molecular weight excluding hydrogens is 360 g/mol. The van der Waals surface area contributed by atoms with Gasteiger partial charge in [-0.1, -0.05) is 22.0 Å². The number of carboxylic acid groups (broad SMARTS) is 1. The highest BCUT2D eigenvalue weighted by molar-refractivity contribution is 9.10. The molecule has 2 aromatic rings. The SMILES string of the molecule is O=C(O)C1CCN(c2ccnc(Nc3cccc(Br)c3)n2)CC1. The number of rotatable bonds is 4. The minimum Gasteiger partial charge on any atom is -0.481 e. The molecule has 1 aliphatic heterocycles. The van der Waals surface area contributed by atoms with Crippen LogP contribution >= 0.6 is 15.9 Å². The highest BCUT2D eigenvalue weighted by Gasteiger charge is 2.25. The molecule has 1 aliphatic rings. The molecule has 0 amide bonds. The standard InChI is InChI=1S/C16H17BrN4O2/c17-12-2-1-3-13(10-12)19-16-18-7-4-14(20-16)21-8-5-11(6-9-21)15(22)23/h1-4,7,10-11H,5-6,8-9H2,(H,22,23)(H,18,19,20). The van der Waals surface area contributed by atoms with Crippen LogP contribution in [-0.2, 0) is 4.79 Å². The Morgan fingerprint density at radius 1 is 1.30 bits per heavy atom. The third-order valence-electron chi connectivity index (χ3n) is 3.89. The van der Waals surface area contributed by atoms with Crippen molar-refractivity contribution in [1.82, 2.24) is 9.97 Å². The Labute approximate surface area is 142 Å². The average Bonchev–Trinajstić information content (AvgIpc) is 2.55. The molecule has 0 bridgehead atoms. The lowest BCUT2D eigenvalue weighted by Crippen LogP contribution is -2.36. The minimum absolute atomic E-state index is 0.243. The van der Waals surface area contributed by atoms with E-state index >= 15 is 0 Å². The van der Waals surface area contributed by atoms with Gasteiger partial charge < -0.3 is 15.3 Å². The summed E-state index contributed by atoms with van der Waals surface area (Å²) in [5, 5.41) is 12.2. The molecule has 6 nitrogen and oxygen atoms in total. The molecule has 0 aliphatic carbocycles. The van der Waals surface area contributed by atoms with Crippen LogP contribution in [0.15, 0.2) is 41.0 Å². The topological polar surface area (TPSA) is 78.3 Å². The Hall–Kier alpha value is -2.15. The first kappa shape index (κ1) is 15.7. The first-order valence-electron chi connectivity index (χ1n) is 7.45. The lowest BCUT2D eigenvalue weighted by Gasteiger charge is -2.31. The van der Waals surface area contributed by atoms with Crippen molar-refractivity contribution in [1.29, 1.82) is 0 Å². The van der Waals surface area contributed by atoms with Gasteiger partial charge in [0.25, 0.3) is 0 Å². The fourth-order valence-electron chi connectivity index (χ4n) is 2.64. The molecule has 0 atom stereocenters. The molecule has 3 rings (SSSR count). The van der Waals surface area contributed by atoms with Crippen LogP contribution < -0.4 is 10.2 Å². The van der Waals surface area contributed by atoms with Crippen molar-refractivity contribution in [3.63, 3.8) is 0 Å². The fraction of sp³-hybridized carbons (Fsp3) is 0.312. The number of benzene rings is 1. The normalized spacial score (nSPS) is 15.4. The zero-order valence-electron chi connectivity index (χ0n) is 12.4. The van der Waals surface area contributed by atoms with Crippen molar-refractivity contribution in [3.8, 4) is 0 Å². The van der Waals surface area contributed by atoms with Crippen LogP contribution in [0.4, 0.5) is 17.5 Å². The van der Waals surface area contributed by atoms with Gasteiger partial charge in [0.15, 0.2) is 0 Å². The first-order valence-corrected chi connectivity index (χ1v) is 8.24. The number of nitrogens with one attached hydrogen (secondary N) is 1. The summed E-state index contributed by atoms with van der Waals surface area (Å²) >= 11 is 3.43. The van der Waals surface area contributed by atoms with Gasteiger partial charge >= 0.3 is 5.97 Å². The van der Waals surface area contributed by atoms with E-state index in [1.54, 1.807) is 6.20 Å². The van der Waals surface area contributed by atoms with Crippen molar-refractivity contribution in [2.24, 2.45) is 5.92 Å². The maximum absolute atomic E-state index is 11.0. The maximum atomic E-state index is 11.0. The quantitative estimate of drug-likeness (QED) is 0.852. The molecule has 2 N–H and O–H groups in total. The number of carboxylic acids is 1. The van der Waals surface area contributed by atoms with Gasteiger partial charge in [-0.2, -0.15) is 4.98 Å². The third kappa shape index (κ3) is 3.98. The van der Waals surface area contributed by atoms with Crippen LogP contribution in [0.25, 0.3) is 0 Å². The lowest BCUT2D eigenvalue weighted by molar-refractivity contribution is -0.142. The number of hydrogen-bond acceptors (Lipinski definition) is 5. The zero-order chi connectivity index (χ0) is 16.2. The molecule has 1 fully saturated rings. The second kappa shape index (κ2) is 6.95. The molecule has 0 unspecified atom stereocenters. The van der Waals surface area contributed by atoms with E-state index in [0.29, 0.717) is 31.9 Å². The smallest absolute Gasteiger partial charge is 0.306 e. The number of piperidine rings is 1. The predicted octanol–water partition coefficient (Wildman–Crippen LogP) is 3.28. The van der Waals surface area contributed by atoms with E-state index < -0.39 is 5.97 Å². The van der Waals surface area contributed by atoms with Gasteiger partial charge in [0.05, 0.1) is 5.92 Å². The van der Waals surface area contributed by atoms with E-state index in [0.717, 1.165) is 16.0 Å². The first-order chi connectivity index (χ1) is 11.1. The fourth-order valence-corrected chi connectivity index (χ4v) is 3.04. The second-order valence-corrected chi connectivity index (χ2v) is 6.39. The van der Waals surface area contributed by atoms with Gasteiger partial charge in [0, 0.05) is 29.4 Å². The van der Waals surface area contributed by atoms with Gasteiger partial charge in [-0.3, -0.25) is 4.79 Å². The summed E-state index contributed by atoms with van der Waals surface area (Å²) in [5.74, 6) is 0.402. The Kier molecular flexibility index (Phi) is 4.76. The molecule has 0 spiro atoms. The Balaban J connectivity index is 1.69. The Bertz CT molecular complexity index is 702. The van der Waals surface area contributed by atoms with E-state index in [1.165, 1.54) is 0 Å². The molecule has 1 aromatic heterocycles. The summed E-state index contributed by atoms with van der Waals surface area (Å²) in [6, 6.07) is 9.64. The highest BCUT2D eigenvalue weighted by Crippen LogP contribution is 2.23. The monoisotopic (exact) mass is 376 g/mol. The third-order valence-corrected chi connectivity index (χ3v) is 4.38. The summed E-state index contributed by atoms with van der Waals surface area (Å²) in [7, 11) is 0. The molecule has 23 heavy (non-hydrogen) atoms. The van der Waals surface area contributed by atoms with Gasteiger partial charge in [-0.25, -0.2) is 4.98 Å². The lowest BCUT2D eigenvalue weighted by atomic mass is 9.97. The summed E-state index contributed by atoms with van der Waals surface area (Å²) < 4.78 is 0.981. The van der Waals surface area contributed by atoms with Crippen LogP contribution in [-0.4, -0.2) is 34.1 Å². The summed E-state index contributed by atoms with van der Waals surface area (Å²) in [4.78, 5) is 21.9. The van der Waals surface area contributed by atoms with Gasteiger partial charge in [0.2, 0.25) is 5.95 Å². The molecule has 1 saturated heterocycles. The Morgan fingerprint density at radius 3 is 2.78 bits per heavy atom.